The summed E-state index contributed by atoms with van der Waals surface area (Å²) in [4.78, 5) is 29.4. The molecule has 2 aliphatic rings. The Morgan fingerprint density at radius 3 is 2.19 bits per heavy atom. The zero-order valence-corrected chi connectivity index (χ0v) is 19.6. The number of rotatable bonds is 6. The van der Waals surface area contributed by atoms with Crippen molar-refractivity contribution in [1.82, 2.24) is 9.88 Å². The zero-order valence-electron chi connectivity index (χ0n) is 18.8. The summed E-state index contributed by atoms with van der Waals surface area (Å²) < 4.78 is 1.31. The van der Waals surface area contributed by atoms with Crippen LogP contribution in [-0.4, -0.2) is 63.3 Å². The van der Waals surface area contributed by atoms with Crippen LogP contribution in [0.5, 0.6) is 0 Å². The lowest BCUT2D eigenvalue weighted by Gasteiger charge is -2.42. The minimum Gasteiger partial charge on any atom is -0.478 e. The van der Waals surface area contributed by atoms with Crippen LogP contribution in [0.1, 0.15) is 52.4 Å². The predicted molar refractivity (Wildman–Crippen MR) is 128 cm³/mol. The second kappa shape index (κ2) is 11.4. The Balaban J connectivity index is 0.000000312. The van der Waals surface area contributed by atoms with Gasteiger partial charge in [-0.1, -0.05) is 36.3 Å². The van der Waals surface area contributed by atoms with Gasteiger partial charge in [0.1, 0.15) is 0 Å². The third kappa shape index (κ3) is 6.53. The molecule has 4 rings (SSSR count). The van der Waals surface area contributed by atoms with Crippen molar-refractivity contribution in [2.24, 2.45) is 0 Å². The van der Waals surface area contributed by atoms with Crippen LogP contribution in [0.25, 0.3) is 10.2 Å². The van der Waals surface area contributed by atoms with Gasteiger partial charge in [0.15, 0.2) is 5.13 Å². The Morgan fingerprint density at radius 2 is 1.66 bits per heavy atom. The fourth-order valence-electron chi connectivity index (χ4n) is 4.71. The van der Waals surface area contributed by atoms with Gasteiger partial charge >= 0.3 is 11.9 Å². The van der Waals surface area contributed by atoms with Crippen molar-refractivity contribution in [2.45, 2.75) is 70.5 Å². The predicted octanol–water partition coefficient (Wildman–Crippen LogP) is 4.63. The molecule has 0 amide bonds. The molecule has 2 aromatic rings. The number of para-hydroxylation sites is 1. The second-order valence-corrected chi connectivity index (χ2v) is 9.69. The van der Waals surface area contributed by atoms with Crippen molar-refractivity contribution < 1.29 is 19.8 Å². The average molecular weight is 460 g/mol. The van der Waals surface area contributed by atoms with Crippen molar-refractivity contribution in [2.75, 3.05) is 18.0 Å². The van der Waals surface area contributed by atoms with Crippen LogP contribution in [0.15, 0.2) is 36.4 Å². The van der Waals surface area contributed by atoms with Gasteiger partial charge in [-0.2, -0.15) is 0 Å². The van der Waals surface area contributed by atoms with E-state index in [1.807, 2.05) is 11.3 Å². The third-order valence-corrected chi connectivity index (χ3v) is 7.21. The molecular weight excluding hydrogens is 426 g/mol. The number of anilines is 1. The van der Waals surface area contributed by atoms with E-state index in [0.29, 0.717) is 24.2 Å². The van der Waals surface area contributed by atoms with Gasteiger partial charge in [0.25, 0.3) is 0 Å². The molecule has 1 aliphatic heterocycles. The summed E-state index contributed by atoms with van der Waals surface area (Å²) in [5, 5.41) is 16.8. The first-order valence-electron chi connectivity index (χ1n) is 11.4. The highest BCUT2D eigenvalue weighted by atomic mass is 32.1. The first kappa shape index (κ1) is 24.2. The quantitative estimate of drug-likeness (QED) is 0.608. The lowest BCUT2D eigenvalue weighted by molar-refractivity contribution is -0.134. The maximum Gasteiger partial charge on any atom is 0.328 e. The molecule has 174 valence electrons. The highest BCUT2D eigenvalue weighted by molar-refractivity contribution is 7.22. The summed E-state index contributed by atoms with van der Waals surface area (Å²) in [6.45, 7) is 7.16. The SMILES string of the molecule is CC(C)N(c1nc2ccccc2s1)C1CCN(C2CCCC2)CC1.O=C(O)C=CC(=O)O. The fraction of sp³-hybridized carbons (Fsp3) is 0.542. The molecule has 1 saturated carbocycles. The zero-order chi connectivity index (χ0) is 23.1. The monoisotopic (exact) mass is 459 g/mol. The number of thiazole rings is 1. The van der Waals surface area contributed by atoms with Crippen LogP contribution in [0.2, 0.25) is 0 Å². The van der Waals surface area contributed by atoms with Gasteiger partial charge in [0, 0.05) is 43.4 Å². The van der Waals surface area contributed by atoms with Crippen LogP contribution in [0.4, 0.5) is 5.13 Å². The Labute approximate surface area is 193 Å². The number of piperidine rings is 1. The number of aromatic nitrogens is 1. The van der Waals surface area contributed by atoms with Crippen molar-refractivity contribution in [1.29, 1.82) is 0 Å². The summed E-state index contributed by atoms with van der Waals surface area (Å²) in [7, 11) is 0. The van der Waals surface area contributed by atoms with Crippen molar-refractivity contribution >= 4 is 38.6 Å². The molecule has 0 atom stereocenters. The first-order valence-corrected chi connectivity index (χ1v) is 12.2. The number of fused-ring (bicyclic) bond motifs is 1. The number of nitrogens with zero attached hydrogens (tertiary/aromatic N) is 3. The van der Waals surface area contributed by atoms with E-state index in [4.69, 9.17) is 15.2 Å². The standard InChI is InChI=1S/C20H29N3S.C4H4O4/c1-15(2)23(20-21-18-9-5-6-10-19(18)24-20)17-11-13-22(14-12-17)16-7-3-4-8-16;5-3(6)1-2-4(7)8/h5-6,9-10,15-17H,3-4,7-8,11-14H2,1-2H3;1-2H,(H,5,6)(H,7,8). The molecule has 0 radical (unpaired) electrons. The summed E-state index contributed by atoms with van der Waals surface area (Å²) >= 11 is 1.85. The molecule has 32 heavy (non-hydrogen) atoms. The molecule has 0 bridgehead atoms. The highest BCUT2D eigenvalue weighted by Crippen LogP contribution is 2.34. The summed E-state index contributed by atoms with van der Waals surface area (Å²) in [6.07, 6.45) is 9.41. The molecule has 2 fully saturated rings. The van der Waals surface area contributed by atoms with Crippen LogP contribution in [-0.2, 0) is 9.59 Å². The average Bonchev–Trinajstić information content (AvgIpc) is 3.43. The van der Waals surface area contributed by atoms with E-state index >= 15 is 0 Å². The lowest BCUT2D eigenvalue weighted by Crippen LogP contribution is -2.49. The maximum absolute atomic E-state index is 9.55. The lowest BCUT2D eigenvalue weighted by atomic mass is 10.00. The second-order valence-electron chi connectivity index (χ2n) is 8.68. The number of hydrogen-bond donors (Lipinski definition) is 2. The summed E-state index contributed by atoms with van der Waals surface area (Å²) in [5.74, 6) is -2.51. The van der Waals surface area contributed by atoms with E-state index in [2.05, 4.69) is 47.9 Å². The van der Waals surface area contributed by atoms with Crippen LogP contribution >= 0.6 is 11.3 Å². The minimum atomic E-state index is -1.26. The molecule has 2 N–H and O–H groups in total. The van der Waals surface area contributed by atoms with Crippen molar-refractivity contribution in [3.63, 3.8) is 0 Å². The van der Waals surface area contributed by atoms with Crippen molar-refractivity contribution in [3.8, 4) is 0 Å². The number of hydrogen-bond acceptors (Lipinski definition) is 6. The van der Waals surface area contributed by atoms with E-state index < -0.39 is 11.9 Å². The smallest absolute Gasteiger partial charge is 0.328 e. The highest BCUT2D eigenvalue weighted by Gasteiger charge is 2.31. The molecule has 8 heteroatoms. The van der Waals surface area contributed by atoms with Gasteiger partial charge in [-0.25, -0.2) is 14.6 Å². The molecule has 1 aliphatic carbocycles. The number of likely N-dealkylation sites (tertiary alicyclic amines) is 1. The molecule has 1 saturated heterocycles. The van der Waals surface area contributed by atoms with Gasteiger partial charge < -0.3 is 20.0 Å². The number of carbonyl (C=O) groups is 2. The van der Waals surface area contributed by atoms with Crippen LogP contribution in [0, 0.1) is 0 Å². The third-order valence-electron chi connectivity index (χ3n) is 6.16. The van der Waals surface area contributed by atoms with Gasteiger partial charge in [-0.05, 0) is 51.7 Å². The Hall–Kier alpha value is -2.45. The normalized spacial score (nSPS) is 18.2. The topological polar surface area (TPSA) is 94.0 Å². The van der Waals surface area contributed by atoms with E-state index in [9.17, 15) is 9.59 Å². The number of benzene rings is 1. The molecule has 1 aromatic carbocycles. The van der Waals surface area contributed by atoms with Crippen LogP contribution in [0.3, 0.4) is 0 Å². The van der Waals surface area contributed by atoms with Crippen LogP contribution < -0.4 is 4.90 Å². The fourth-order valence-corrected chi connectivity index (χ4v) is 5.88. The number of aliphatic carboxylic acids is 2. The van der Waals surface area contributed by atoms with E-state index in [-0.39, 0.29) is 0 Å². The summed E-state index contributed by atoms with van der Waals surface area (Å²) in [6, 6.07) is 10.6. The number of carboxylic acid groups (broad SMARTS) is 2. The molecular formula is C24H33N3O4S. The molecule has 1 aromatic heterocycles. The van der Waals surface area contributed by atoms with Crippen molar-refractivity contribution in [3.05, 3.63) is 36.4 Å². The Kier molecular flexibility index (Phi) is 8.64. The Bertz CT molecular complexity index is 879. The van der Waals surface area contributed by atoms with Gasteiger partial charge in [-0.15, -0.1) is 0 Å². The largest absolute Gasteiger partial charge is 0.478 e. The van der Waals surface area contributed by atoms with E-state index in [1.165, 1.54) is 61.4 Å². The minimum absolute atomic E-state index is 0.508. The number of carboxylic acids is 2. The molecule has 7 nitrogen and oxygen atoms in total. The summed E-state index contributed by atoms with van der Waals surface area (Å²) in [5.41, 5.74) is 1.14. The van der Waals surface area contributed by atoms with Gasteiger partial charge in [0.05, 0.1) is 10.2 Å². The molecule has 0 spiro atoms. The molecule has 2 heterocycles. The molecule has 0 unspecified atom stereocenters. The van der Waals surface area contributed by atoms with Gasteiger partial charge in [-0.3, -0.25) is 0 Å². The van der Waals surface area contributed by atoms with Gasteiger partial charge in [0.2, 0.25) is 0 Å². The van der Waals surface area contributed by atoms with E-state index in [0.717, 1.165) is 11.6 Å². The first-order chi connectivity index (χ1) is 15.3. The Morgan fingerprint density at radius 1 is 1.06 bits per heavy atom. The maximum atomic E-state index is 9.55. The van der Waals surface area contributed by atoms with E-state index in [1.54, 1.807) is 0 Å².